The highest BCUT2D eigenvalue weighted by molar-refractivity contribution is 7.47. The summed E-state index contributed by atoms with van der Waals surface area (Å²) >= 11 is 0. The molecule has 0 bridgehead atoms. The van der Waals surface area contributed by atoms with E-state index in [0.717, 1.165) is 20.0 Å². The summed E-state index contributed by atoms with van der Waals surface area (Å²) < 4.78 is 70.9. The molecule has 0 spiro atoms. The van der Waals surface area contributed by atoms with Gasteiger partial charge in [0.05, 0.1) is 104 Å². The summed E-state index contributed by atoms with van der Waals surface area (Å²) in [5.41, 5.74) is 0. The van der Waals surface area contributed by atoms with E-state index in [1.165, 1.54) is 0 Å². The van der Waals surface area contributed by atoms with Gasteiger partial charge in [-0.1, -0.05) is 40.0 Å². The van der Waals surface area contributed by atoms with E-state index in [9.17, 15) is 84.2 Å². The number of phosphoric ester groups is 1. The average molecular weight is 1410 g/mol. The number of carbonyl (C=O) groups excluding carboxylic acids is 6. The summed E-state index contributed by atoms with van der Waals surface area (Å²) in [6.45, 7) is 4.82. The summed E-state index contributed by atoms with van der Waals surface area (Å²) in [5.74, 6) is -4.24. The van der Waals surface area contributed by atoms with Crippen molar-refractivity contribution in [2.45, 2.75) is 216 Å². The van der Waals surface area contributed by atoms with E-state index in [0.29, 0.717) is 64.3 Å². The molecule has 0 radical (unpaired) electrons. The Hall–Kier alpha value is -3.79. The van der Waals surface area contributed by atoms with E-state index in [1.54, 1.807) is 20.8 Å². The Morgan fingerprint density at radius 2 is 0.760 bits per heavy atom. The minimum absolute atomic E-state index is 0.000288. The molecule has 16 unspecified atom stereocenters. The van der Waals surface area contributed by atoms with Crippen LogP contribution in [0.1, 0.15) is 130 Å². The van der Waals surface area contributed by atoms with Crippen molar-refractivity contribution in [3.8, 4) is 0 Å². The SMILES string of the molecule is COP(=O)(O)OCCCCCCNC(=O)CCCCCNC(=O)[C@H](CCCCNC(=O)CCOCCOC1OC(CO)C(O)C(O)C1C)NC(=O)[C@H](CCCCNC(=O)CCOCCOC1OC(CO)C(O)C(O)C1C)NC(=O)CCOCCOC1OC(CO)C(O)C(O)C1C. The summed E-state index contributed by atoms with van der Waals surface area (Å²) in [5, 5.41) is 107. The van der Waals surface area contributed by atoms with Crippen LogP contribution in [0, 0.1) is 17.8 Å². The monoisotopic (exact) mass is 1410 g/mol. The van der Waals surface area contributed by atoms with Gasteiger partial charge in [-0.25, -0.2) is 4.57 Å². The number of aliphatic hydroxyl groups is 9. The molecule has 560 valence electrons. The van der Waals surface area contributed by atoms with Crippen molar-refractivity contribution in [2.24, 2.45) is 17.8 Å². The Labute approximate surface area is 562 Å². The van der Waals surface area contributed by atoms with Gasteiger partial charge < -0.3 is 125 Å². The third-order valence-corrected chi connectivity index (χ3v) is 17.5. The van der Waals surface area contributed by atoms with Crippen molar-refractivity contribution >= 4 is 43.3 Å². The lowest BCUT2D eigenvalue weighted by Crippen LogP contribution is -2.55. The number of rotatable bonds is 53. The normalized spacial score (nSPS) is 27.2. The predicted octanol–water partition coefficient (Wildman–Crippen LogP) is -2.86. The fourth-order valence-corrected chi connectivity index (χ4v) is 10.9. The molecule has 3 rings (SSSR count). The van der Waals surface area contributed by atoms with Crippen molar-refractivity contribution < 1.29 is 136 Å². The highest BCUT2D eigenvalue weighted by Gasteiger charge is 2.45. The number of carbonyl (C=O) groups is 6. The van der Waals surface area contributed by atoms with Crippen LogP contribution in [-0.4, -0.2) is 291 Å². The maximum absolute atomic E-state index is 14.2. The number of aliphatic hydroxyl groups excluding tert-OH is 9. The van der Waals surface area contributed by atoms with E-state index >= 15 is 0 Å². The molecule has 0 saturated carbocycles. The maximum Gasteiger partial charge on any atom is 0.471 e. The minimum Gasteiger partial charge on any atom is -0.394 e. The van der Waals surface area contributed by atoms with Gasteiger partial charge in [0.2, 0.25) is 35.4 Å². The first-order chi connectivity index (χ1) is 46.0. The van der Waals surface area contributed by atoms with Gasteiger partial charge in [0.1, 0.15) is 48.7 Å². The lowest BCUT2D eigenvalue weighted by atomic mass is 9.92. The van der Waals surface area contributed by atoms with Crippen LogP contribution in [0.15, 0.2) is 0 Å². The summed E-state index contributed by atoms with van der Waals surface area (Å²) in [7, 11) is -2.92. The van der Waals surface area contributed by atoms with Crippen LogP contribution in [0.2, 0.25) is 0 Å². The fraction of sp³-hybridized carbons (Fsp3) is 0.902. The molecule has 3 heterocycles. The zero-order chi connectivity index (χ0) is 70.8. The molecule has 3 fully saturated rings. The smallest absolute Gasteiger partial charge is 0.394 e. The molecular weight excluding hydrogens is 1300 g/mol. The van der Waals surface area contributed by atoms with Gasteiger partial charge in [-0.05, 0) is 64.2 Å². The Morgan fingerprint density at radius 3 is 1.17 bits per heavy atom. The molecule has 34 nitrogen and oxygen atoms in total. The first kappa shape index (κ1) is 86.4. The lowest BCUT2D eigenvalue weighted by molar-refractivity contribution is -0.284. The lowest BCUT2D eigenvalue weighted by Gasteiger charge is -2.40. The standard InChI is InChI=1S/C61H113N6O28P/c1-39-51(75)54(78)44(36-68)93-59(39)89-33-30-86-27-19-48(72)63-23-13-9-16-42(57(81)65-25-12-7-8-18-47(71)62-22-11-5-6-15-26-92-96(83,84)85-4)67-58(82)43(66-50(74)21-29-88-32-35-91-61-41(3)53(77)56(80)46(38-70)95-61)17-10-14-24-64-49(73)20-28-87-31-34-90-60-40(2)52(76)55(79)45(37-69)94-60/h39-46,51-56,59-61,68-70,75-80H,5-38H2,1-4H3,(H,62,71)(H,63,72)(H,64,73)(H,65,81)(H,66,74)(H,67,82)(H,83,84)/t39?,40?,41?,42-,43-,44?,45?,46?,51?,52?,53?,54?,55?,56?,59?,60?,61?/m0/s1. The van der Waals surface area contributed by atoms with E-state index in [2.05, 4.69) is 36.4 Å². The van der Waals surface area contributed by atoms with E-state index in [4.69, 9.17) is 47.2 Å². The molecule has 35 heteroatoms. The van der Waals surface area contributed by atoms with E-state index in [-0.39, 0.29) is 142 Å². The van der Waals surface area contributed by atoms with Crippen LogP contribution in [0.3, 0.4) is 0 Å². The van der Waals surface area contributed by atoms with Crippen LogP contribution in [0.5, 0.6) is 0 Å². The van der Waals surface area contributed by atoms with Crippen LogP contribution in [0.25, 0.3) is 0 Å². The molecule has 0 aromatic carbocycles. The van der Waals surface area contributed by atoms with Gasteiger partial charge in [0, 0.05) is 76.7 Å². The molecule has 3 saturated heterocycles. The third-order valence-electron chi connectivity index (χ3n) is 16.5. The van der Waals surface area contributed by atoms with Crippen LogP contribution >= 0.6 is 7.82 Å². The van der Waals surface area contributed by atoms with Gasteiger partial charge in [-0.2, -0.15) is 0 Å². The number of phosphoric acid groups is 1. The molecule has 16 N–H and O–H groups in total. The second-order valence-electron chi connectivity index (χ2n) is 24.1. The van der Waals surface area contributed by atoms with E-state index in [1.807, 2.05) is 0 Å². The van der Waals surface area contributed by atoms with Crippen LogP contribution < -0.4 is 31.9 Å². The average Bonchev–Trinajstić information content (AvgIpc) is 0.847. The summed E-state index contributed by atoms with van der Waals surface area (Å²) in [6, 6.07) is -2.23. The number of unbranched alkanes of at least 4 members (excludes halogenated alkanes) is 7. The molecule has 96 heavy (non-hydrogen) atoms. The van der Waals surface area contributed by atoms with Crippen molar-refractivity contribution in [1.29, 1.82) is 0 Å². The molecule has 0 aromatic rings. The molecule has 0 aromatic heterocycles. The number of ether oxygens (including phenoxy) is 9. The van der Waals surface area contributed by atoms with Gasteiger partial charge >= 0.3 is 7.82 Å². The van der Waals surface area contributed by atoms with Crippen molar-refractivity contribution in [3.63, 3.8) is 0 Å². The first-order valence-electron chi connectivity index (χ1n) is 33.6. The Morgan fingerprint density at radius 1 is 0.406 bits per heavy atom. The number of amides is 6. The molecule has 6 amide bonds. The minimum atomic E-state index is -4.01. The third kappa shape index (κ3) is 34.0. The highest BCUT2D eigenvalue weighted by atomic mass is 31.2. The van der Waals surface area contributed by atoms with Crippen molar-refractivity contribution in [1.82, 2.24) is 31.9 Å². The molecule has 18 atom stereocenters. The Bertz CT molecular complexity index is 2220. The van der Waals surface area contributed by atoms with Crippen molar-refractivity contribution in [3.05, 3.63) is 0 Å². The largest absolute Gasteiger partial charge is 0.471 e. The number of hydrogen-bond acceptors (Lipinski definition) is 27. The zero-order valence-corrected chi connectivity index (χ0v) is 57.0. The Balaban J connectivity index is 1.56. The highest BCUT2D eigenvalue weighted by Crippen LogP contribution is 2.42. The second-order valence-corrected chi connectivity index (χ2v) is 25.7. The van der Waals surface area contributed by atoms with Gasteiger partial charge in [-0.15, -0.1) is 0 Å². The van der Waals surface area contributed by atoms with Gasteiger partial charge in [-0.3, -0.25) is 37.8 Å². The molecular formula is C61H113N6O28P. The van der Waals surface area contributed by atoms with Gasteiger partial charge in [0.25, 0.3) is 0 Å². The van der Waals surface area contributed by atoms with E-state index < -0.39 is 149 Å². The topological polar surface area (TPSA) is 496 Å². The maximum atomic E-state index is 14.2. The summed E-state index contributed by atoms with van der Waals surface area (Å²) in [4.78, 5) is 88.8. The fourth-order valence-electron chi connectivity index (χ4n) is 10.4. The predicted molar refractivity (Wildman–Crippen MR) is 338 cm³/mol. The number of nitrogens with one attached hydrogen (secondary N) is 6. The van der Waals surface area contributed by atoms with Crippen LogP contribution in [-0.2, 0) is 85.0 Å². The molecule has 3 aliphatic rings. The molecule has 3 aliphatic heterocycles. The van der Waals surface area contributed by atoms with Crippen LogP contribution in [0.4, 0.5) is 0 Å². The zero-order valence-electron chi connectivity index (χ0n) is 56.1. The first-order valence-corrected chi connectivity index (χ1v) is 35.1. The number of hydrogen-bond donors (Lipinski definition) is 16. The van der Waals surface area contributed by atoms with Gasteiger partial charge in [0.15, 0.2) is 18.9 Å². The summed E-state index contributed by atoms with van der Waals surface area (Å²) in [6.07, 6.45) is -6.87. The quantitative estimate of drug-likeness (QED) is 0.0215. The van der Waals surface area contributed by atoms with Crippen molar-refractivity contribution in [2.75, 3.05) is 119 Å². The molecule has 0 aliphatic carbocycles. The second kappa shape index (κ2) is 49.7. The Kier molecular flexibility index (Phi) is 44.7.